The Morgan fingerprint density at radius 2 is 2.00 bits per heavy atom. The van der Waals surface area contributed by atoms with Gasteiger partial charge in [0.25, 0.3) is 0 Å². The van der Waals surface area contributed by atoms with Crippen LogP contribution >= 0.6 is 12.4 Å². The van der Waals surface area contributed by atoms with Crippen LogP contribution in [0.25, 0.3) is 0 Å². The monoisotopic (exact) mass is 204 g/mol. The van der Waals surface area contributed by atoms with Crippen molar-refractivity contribution in [3.05, 3.63) is 0 Å². The molecule has 0 radical (unpaired) electrons. The van der Waals surface area contributed by atoms with E-state index in [2.05, 4.69) is 0 Å². The molecule has 0 aliphatic carbocycles. The van der Waals surface area contributed by atoms with Crippen molar-refractivity contribution in [1.82, 2.24) is 4.31 Å². The van der Waals surface area contributed by atoms with Crippen molar-refractivity contribution < 1.29 is 12.3 Å². The standard InChI is InChI=1S/C4H9FN2O2S.ClH/c5-10(8,9)7-2-4(1-6)3-7;/h4H,1-3,6H2;1H. The Morgan fingerprint density at radius 3 is 2.27 bits per heavy atom. The van der Waals surface area contributed by atoms with Crippen LogP contribution in [-0.2, 0) is 10.4 Å². The Kier molecular flexibility index (Phi) is 3.69. The van der Waals surface area contributed by atoms with Crippen LogP contribution < -0.4 is 5.73 Å². The second-order valence-electron chi connectivity index (χ2n) is 2.36. The summed E-state index contributed by atoms with van der Waals surface area (Å²) in [6.07, 6.45) is 0. The molecule has 11 heavy (non-hydrogen) atoms. The Balaban J connectivity index is 0.000001000. The summed E-state index contributed by atoms with van der Waals surface area (Å²) in [5.41, 5.74) is 5.20. The SMILES string of the molecule is Cl.NCC1CN(S(=O)(=O)F)C1. The maximum absolute atomic E-state index is 12.0. The lowest BCUT2D eigenvalue weighted by molar-refractivity contribution is 0.198. The lowest BCUT2D eigenvalue weighted by Gasteiger charge is -2.34. The number of hydrogen-bond acceptors (Lipinski definition) is 3. The molecule has 0 saturated carbocycles. The van der Waals surface area contributed by atoms with Gasteiger partial charge < -0.3 is 5.73 Å². The van der Waals surface area contributed by atoms with E-state index < -0.39 is 10.4 Å². The highest BCUT2D eigenvalue weighted by Crippen LogP contribution is 2.18. The van der Waals surface area contributed by atoms with Gasteiger partial charge >= 0.3 is 10.4 Å². The van der Waals surface area contributed by atoms with Gasteiger partial charge in [-0.2, -0.15) is 12.7 Å². The Hall–Kier alpha value is 0.0900. The van der Waals surface area contributed by atoms with Gasteiger partial charge in [0.1, 0.15) is 0 Å². The van der Waals surface area contributed by atoms with Crippen LogP contribution in [0.4, 0.5) is 3.89 Å². The number of nitrogens with zero attached hydrogens (tertiary/aromatic N) is 1. The maximum Gasteiger partial charge on any atom is 0.374 e. The summed E-state index contributed by atoms with van der Waals surface area (Å²) in [7, 11) is -4.43. The molecule has 1 saturated heterocycles. The first-order valence-corrected chi connectivity index (χ1v) is 4.28. The first-order valence-electron chi connectivity index (χ1n) is 2.94. The van der Waals surface area contributed by atoms with Gasteiger partial charge in [0, 0.05) is 13.1 Å². The van der Waals surface area contributed by atoms with Crippen molar-refractivity contribution in [2.75, 3.05) is 19.6 Å². The third-order valence-corrected chi connectivity index (χ3v) is 2.48. The van der Waals surface area contributed by atoms with Crippen LogP contribution in [-0.4, -0.2) is 32.4 Å². The molecule has 2 N–H and O–H groups in total. The van der Waals surface area contributed by atoms with E-state index in [4.69, 9.17) is 5.73 Å². The molecule has 0 aromatic rings. The molecule has 1 aliphatic heterocycles. The summed E-state index contributed by atoms with van der Waals surface area (Å²) < 4.78 is 33.0. The third-order valence-electron chi connectivity index (χ3n) is 1.57. The third kappa shape index (κ3) is 2.55. The minimum atomic E-state index is -4.43. The van der Waals surface area contributed by atoms with Crippen LogP contribution in [0, 0.1) is 5.92 Å². The van der Waals surface area contributed by atoms with Crippen LogP contribution in [0.15, 0.2) is 0 Å². The Labute approximate surface area is 71.3 Å². The fraction of sp³-hybridized carbons (Fsp3) is 1.00. The zero-order valence-electron chi connectivity index (χ0n) is 5.73. The summed E-state index contributed by atoms with van der Waals surface area (Å²) in [6.45, 7) is 0.886. The van der Waals surface area contributed by atoms with E-state index in [0.717, 1.165) is 4.31 Å². The molecule has 1 heterocycles. The van der Waals surface area contributed by atoms with Gasteiger partial charge in [-0.3, -0.25) is 0 Å². The highest BCUT2D eigenvalue weighted by Gasteiger charge is 2.34. The molecule has 0 spiro atoms. The fourth-order valence-corrected chi connectivity index (χ4v) is 1.63. The van der Waals surface area contributed by atoms with Crippen molar-refractivity contribution in [2.45, 2.75) is 0 Å². The minimum absolute atomic E-state index is 0. The van der Waals surface area contributed by atoms with Crippen molar-refractivity contribution in [3.63, 3.8) is 0 Å². The zero-order chi connectivity index (χ0) is 7.78. The zero-order valence-corrected chi connectivity index (χ0v) is 7.37. The van der Waals surface area contributed by atoms with Crippen molar-refractivity contribution >= 4 is 22.8 Å². The van der Waals surface area contributed by atoms with Gasteiger partial charge in [-0.1, -0.05) is 3.89 Å². The summed E-state index contributed by atoms with van der Waals surface area (Å²) in [4.78, 5) is 0. The summed E-state index contributed by atoms with van der Waals surface area (Å²) in [6, 6.07) is 0. The van der Waals surface area contributed by atoms with Gasteiger partial charge in [0.15, 0.2) is 0 Å². The van der Waals surface area contributed by atoms with E-state index in [-0.39, 0.29) is 31.4 Å². The second kappa shape index (κ2) is 3.66. The van der Waals surface area contributed by atoms with Gasteiger partial charge in [0.05, 0.1) is 0 Å². The van der Waals surface area contributed by atoms with E-state index in [1.807, 2.05) is 0 Å². The molecule has 0 amide bonds. The van der Waals surface area contributed by atoms with Gasteiger partial charge in [0.2, 0.25) is 0 Å². The smallest absolute Gasteiger partial charge is 0.330 e. The molecule has 1 aliphatic rings. The average Bonchev–Trinajstić information content (AvgIpc) is 1.57. The average molecular weight is 205 g/mol. The van der Waals surface area contributed by atoms with E-state index >= 15 is 0 Å². The molecule has 7 heteroatoms. The Bertz CT molecular complexity index is 214. The number of nitrogens with two attached hydrogens (primary N) is 1. The highest BCUT2D eigenvalue weighted by atomic mass is 35.5. The second-order valence-corrected chi connectivity index (χ2v) is 3.70. The van der Waals surface area contributed by atoms with Gasteiger partial charge in [-0.25, -0.2) is 0 Å². The summed E-state index contributed by atoms with van der Waals surface area (Å²) in [5, 5.41) is 0. The van der Waals surface area contributed by atoms with E-state index in [1.165, 1.54) is 0 Å². The van der Waals surface area contributed by atoms with Crippen molar-refractivity contribution in [2.24, 2.45) is 11.7 Å². The highest BCUT2D eigenvalue weighted by molar-refractivity contribution is 7.84. The predicted molar refractivity (Wildman–Crippen MR) is 41.4 cm³/mol. The van der Waals surface area contributed by atoms with Crippen LogP contribution in [0.3, 0.4) is 0 Å². The molecule has 1 fully saturated rings. The van der Waals surface area contributed by atoms with E-state index in [9.17, 15) is 12.3 Å². The van der Waals surface area contributed by atoms with E-state index in [0.29, 0.717) is 6.54 Å². The minimum Gasteiger partial charge on any atom is -0.330 e. The van der Waals surface area contributed by atoms with Crippen LogP contribution in [0.5, 0.6) is 0 Å². The fourth-order valence-electron chi connectivity index (χ4n) is 0.850. The number of halogens is 2. The predicted octanol–water partition coefficient (Wildman–Crippen LogP) is -0.487. The molecule has 0 bridgehead atoms. The molecule has 0 aromatic carbocycles. The van der Waals surface area contributed by atoms with Crippen LogP contribution in [0.1, 0.15) is 0 Å². The number of hydrogen-bond donors (Lipinski definition) is 1. The molecule has 0 aromatic heterocycles. The van der Waals surface area contributed by atoms with E-state index in [1.54, 1.807) is 0 Å². The lowest BCUT2D eigenvalue weighted by Crippen LogP contribution is -2.51. The summed E-state index contributed by atoms with van der Waals surface area (Å²) >= 11 is 0. The summed E-state index contributed by atoms with van der Waals surface area (Å²) in [5.74, 6) is 0.144. The molecular weight excluding hydrogens is 195 g/mol. The molecule has 1 rings (SSSR count). The lowest BCUT2D eigenvalue weighted by atomic mass is 10.0. The largest absolute Gasteiger partial charge is 0.374 e. The van der Waals surface area contributed by atoms with Gasteiger partial charge in [-0.05, 0) is 12.5 Å². The molecule has 0 atom stereocenters. The molecule has 68 valence electrons. The first-order chi connectivity index (χ1) is 4.54. The Morgan fingerprint density at radius 1 is 1.55 bits per heavy atom. The maximum atomic E-state index is 12.0. The van der Waals surface area contributed by atoms with Crippen LogP contribution in [0.2, 0.25) is 0 Å². The van der Waals surface area contributed by atoms with Crippen molar-refractivity contribution in [3.8, 4) is 0 Å². The molecule has 0 unspecified atom stereocenters. The topological polar surface area (TPSA) is 63.4 Å². The number of rotatable bonds is 2. The van der Waals surface area contributed by atoms with Crippen molar-refractivity contribution in [1.29, 1.82) is 0 Å². The normalized spacial score (nSPS) is 20.5. The van der Waals surface area contributed by atoms with Gasteiger partial charge in [-0.15, -0.1) is 12.4 Å². The first kappa shape index (κ1) is 11.1. The molecule has 4 nitrogen and oxygen atoms in total. The quantitative estimate of drug-likeness (QED) is 0.618. The molecular formula is C4H10ClFN2O2S.